The maximum atomic E-state index is 10.6. The van der Waals surface area contributed by atoms with Crippen LogP contribution in [0.2, 0.25) is 0 Å². The van der Waals surface area contributed by atoms with Gasteiger partial charge >= 0.3 is 0 Å². The average molecular weight is 238 g/mol. The predicted octanol–water partition coefficient (Wildman–Crippen LogP) is 2.72. The van der Waals surface area contributed by atoms with Crippen molar-refractivity contribution in [2.45, 2.75) is 71.5 Å². The van der Waals surface area contributed by atoms with Crippen LogP contribution in [0.3, 0.4) is 0 Å². The average Bonchev–Trinajstić information content (AvgIpc) is 2.91. The summed E-state index contributed by atoms with van der Waals surface area (Å²) in [7, 11) is 0. The lowest BCUT2D eigenvalue weighted by molar-refractivity contribution is -0.181. The van der Waals surface area contributed by atoms with Gasteiger partial charge in [0.1, 0.15) is 0 Å². The van der Waals surface area contributed by atoms with E-state index >= 15 is 0 Å². The molecule has 0 amide bonds. The first-order valence-electron chi connectivity index (χ1n) is 7.08. The Morgan fingerprint density at radius 3 is 2.29 bits per heavy atom. The molecule has 1 spiro atoms. The van der Waals surface area contributed by atoms with Crippen molar-refractivity contribution in [3.05, 3.63) is 0 Å². The van der Waals surface area contributed by atoms with Gasteiger partial charge in [0.2, 0.25) is 0 Å². The highest BCUT2D eigenvalue weighted by atomic mass is 16.3. The first-order chi connectivity index (χ1) is 7.67. The highest BCUT2D eigenvalue weighted by molar-refractivity contribution is 5.27. The van der Waals surface area contributed by atoms with Crippen molar-refractivity contribution in [3.8, 4) is 0 Å². The lowest BCUT2D eigenvalue weighted by Crippen LogP contribution is -2.58. The molecule has 2 nitrogen and oxygen atoms in total. The molecule has 3 aliphatic rings. The summed E-state index contributed by atoms with van der Waals surface area (Å²) in [6.45, 7) is 8.95. The minimum atomic E-state index is -0.867. The van der Waals surface area contributed by atoms with E-state index < -0.39 is 11.7 Å². The van der Waals surface area contributed by atoms with E-state index in [0.29, 0.717) is 11.3 Å². The zero-order chi connectivity index (χ0) is 12.7. The van der Waals surface area contributed by atoms with Crippen molar-refractivity contribution in [1.82, 2.24) is 0 Å². The fraction of sp³-hybridized carbons (Fsp3) is 1.00. The third kappa shape index (κ3) is 1.14. The van der Waals surface area contributed by atoms with E-state index in [-0.39, 0.29) is 10.8 Å². The number of aliphatic hydroxyl groups is 2. The van der Waals surface area contributed by atoms with Crippen LogP contribution in [0.4, 0.5) is 0 Å². The molecule has 0 heterocycles. The number of hydrogen-bond acceptors (Lipinski definition) is 2. The van der Waals surface area contributed by atoms with Gasteiger partial charge < -0.3 is 10.2 Å². The Labute approximate surface area is 104 Å². The molecule has 3 saturated carbocycles. The van der Waals surface area contributed by atoms with E-state index in [1.807, 2.05) is 6.92 Å². The van der Waals surface area contributed by atoms with Crippen LogP contribution >= 0.6 is 0 Å². The van der Waals surface area contributed by atoms with Crippen molar-refractivity contribution in [2.24, 2.45) is 22.2 Å². The third-order valence-electron chi connectivity index (χ3n) is 6.80. The summed E-state index contributed by atoms with van der Waals surface area (Å²) in [6.07, 6.45) is 5.11. The van der Waals surface area contributed by atoms with E-state index in [2.05, 4.69) is 20.8 Å². The van der Waals surface area contributed by atoms with E-state index in [0.717, 1.165) is 12.8 Å². The molecule has 0 aromatic heterocycles. The standard InChI is InChI=1S/C15H26O2/c1-12(2)6-5-7-13(3)9-11(16)14(4,17)10-8-15(10,12)13/h10-11,16-17H,5-9H2,1-4H3/t10-,11-,13-,14+,15-/m0/s1. The molecule has 98 valence electrons. The van der Waals surface area contributed by atoms with Crippen molar-refractivity contribution in [2.75, 3.05) is 0 Å². The van der Waals surface area contributed by atoms with Gasteiger partial charge in [-0.1, -0.05) is 27.2 Å². The molecule has 3 rings (SSSR count). The largest absolute Gasteiger partial charge is 0.390 e. The zero-order valence-corrected chi connectivity index (χ0v) is 11.6. The number of aliphatic hydroxyl groups excluding tert-OH is 1. The summed E-state index contributed by atoms with van der Waals surface area (Å²) in [5, 5.41) is 20.8. The van der Waals surface area contributed by atoms with Gasteiger partial charge in [-0.2, -0.15) is 0 Å². The van der Waals surface area contributed by atoms with Gasteiger partial charge in [-0.3, -0.25) is 0 Å². The monoisotopic (exact) mass is 238 g/mol. The second kappa shape index (κ2) is 2.91. The maximum Gasteiger partial charge on any atom is 0.0911 e. The molecule has 0 bridgehead atoms. The number of rotatable bonds is 0. The van der Waals surface area contributed by atoms with Crippen LogP contribution in [0.5, 0.6) is 0 Å². The summed E-state index contributed by atoms with van der Waals surface area (Å²) < 4.78 is 0. The minimum absolute atomic E-state index is 0.237. The maximum absolute atomic E-state index is 10.6. The number of hydrogen-bond donors (Lipinski definition) is 2. The molecule has 0 aliphatic heterocycles. The van der Waals surface area contributed by atoms with E-state index in [9.17, 15) is 10.2 Å². The van der Waals surface area contributed by atoms with Crippen molar-refractivity contribution < 1.29 is 10.2 Å². The lowest BCUT2D eigenvalue weighted by Gasteiger charge is -2.58. The lowest BCUT2D eigenvalue weighted by atomic mass is 9.47. The summed E-state index contributed by atoms with van der Waals surface area (Å²) >= 11 is 0. The Morgan fingerprint density at radius 2 is 1.65 bits per heavy atom. The van der Waals surface area contributed by atoms with Crippen LogP contribution in [-0.4, -0.2) is 21.9 Å². The van der Waals surface area contributed by atoms with E-state index in [1.54, 1.807) is 0 Å². The molecule has 0 unspecified atom stereocenters. The van der Waals surface area contributed by atoms with Crippen molar-refractivity contribution in [1.29, 1.82) is 0 Å². The van der Waals surface area contributed by atoms with Gasteiger partial charge in [-0.15, -0.1) is 0 Å². The summed E-state index contributed by atoms with van der Waals surface area (Å²) in [6, 6.07) is 0. The van der Waals surface area contributed by atoms with Gasteiger partial charge in [0, 0.05) is 0 Å². The van der Waals surface area contributed by atoms with E-state index in [4.69, 9.17) is 0 Å². The summed E-state index contributed by atoms with van der Waals surface area (Å²) in [4.78, 5) is 0. The van der Waals surface area contributed by atoms with Crippen LogP contribution in [-0.2, 0) is 0 Å². The fourth-order valence-electron chi connectivity index (χ4n) is 5.72. The summed E-state index contributed by atoms with van der Waals surface area (Å²) in [5.41, 5.74) is -0.0367. The first kappa shape index (κ1) is 12.0. The summed E-state index contributed by atoms with van der Waals surface area (Å²) in [5.74, 6) is 0.305. The molecule has 0 aromatic carbocycles. The Hall–Kier alpha value is -0.0800. The quantitative estimate of drug-likeness (QED) is 0.681. The third-order valence-corrected chi connectivity index (χ3v) is 6.80. The normalized spacial score (nSPS) is 60.4. The smallest absolute Gasteiger partial charge is 0.0911 e. The molecule has 0 aromatic rings. The Morgan fingerprint density at radius 1 is 1.00 bits per heavy atom. The van der Waals surface area contributed by atoms with Gasteiger partial charge in [0.25, 0.3) is 0 Å². The second-order valence-electron chi connectivity index (χ2n) is 7.97. The molecular weight excluding hydrogens is 212 g/mol. The predicted molar refractivity (Wildman–Crippen MR) is 67.5 cm³/mol. The second-order valence-corrected chi connectivity index (χ2v) is 7.97. The molecule has 17 heavy (non-hydrogen) atoms. The zero-order valence-electron chi connectivity index (χ0n) is 11.6. The minimum Gasteiger partial charge on any atom is -0.390 e. The molecule has 0 radical (unpaired) electrons. The Kier molecular flexibility index (Phi) is 2.05. The topological polar surface area (TPSA) is 40.5 Å². The van der Waals surface area contributed by atoms with Gasteiger partial charge in [-0.25, -0.2) is 0 Å². The van der Waals surface area contributed by atoms with Crippen LogP contribution in [0, 0.1) is 22.2 Å². The molecule has 2 N–H and O–H groups in total. The molecular formula is C15H26O2. The Bertz CT molecular complexity index is 360. The van der Waals surface area contributed by atoms with Crippen LogP contribution in [0.15, 0.2) is 0 Å². The van der Waals surface area contributed by atoms with Gasteiger partial charge in [-0.05, 0) is 54.8 Å². The fourth-order valence-corrected chi connectivity index (χ4v) is 5.72. The van der Waals surface area contributed by atoms with Gasteiger partial charge in [0.05, 0.1) is 11.7 Å². The van der Waals surface area contributed by atoms with Crippen LogP contribution in [0.25, 0.3) is 0 Å². The Balaban J connectivity index is 2.07. The van der Waals surface area contributed by atoms with E-state index in [1.165, 1.54) is 19.3 Å². The SMILES string of the molecule is CC1(C)CCC[C@@]2(C)C[C@H](O)[C@](C)(O)[C@@H]3C[C@]312. The highest BCUT2D eigenvalue weighted by Gasteiger charge is 2.78. The van der Waals surface area contributed by atoms with Crippen molar-refractivity contribution in [3.63, 3.8) is 0 Å². The molecule has 2 heteroatoms. The highest BCUT2D eigenvalue weighted by Crippen LogP contribution is 2.81. The molecule has 5 atom stereocenters. The molecule has 3 fully saturated rings. The van der Waals surface area contributed by atoms with Crippen LogP contribution in [0.1, 0.15) is 59.8 Å². The molecule has 0 saturated heterocycles. The first-order valence-corrected chi connectivity index (χ1v) is 7.08. The van der Waals surface area contributed by atoms with Crippen molar-refractivity contribution >= 4 is 0 Å². The van der Waals surface area contributed by atoms with Gasteiger partial charge in [0.15, 0.2) is 0 Å². The van der Waals surface area contributed by atoms with Crippen LogP contribution < -0.4 is 0 Å². The molecule has 3 aliphatic carbocycles.